The number of halogens is 3. The summed E-state index contributed by atoms with van der Waals surface area (Å²) in [5, 5.41) is 5.19. The third-order valence-corrected chi connectivity index (χ3v) is 5.38. The van der Waals surface area contributed by atoms with Crippen LogP contribution in [0.2, 0.25) is 15.1 Å². The molecular formula is C16H23Cl3N2. The van der Waals surface area contributed by atoms with Crippen LogP contribution in [-0.4, -0.2) is 30.6 Å². The van der Waals surface area contributed by atoms with Gasteiger partial charge in [-0.1, -0.05) is 41.2 Å². The average Bonchev–Trinajstić information content (AvgIpc) is 2.48. The molecule has 1 heterocycles. The van der Waals surface area contributed by atoms with Crippen molar-refractivity contribution in [3.05, 3.63) is 32.8 Å². The van der Waals surface area contributed by atoms with Crippen LogP contribution in [-0.2, 0) is 6.54 Å². The van der Waals surface area contributed by atoms with Gasteiger partial charge in [0.15, 0.2) is 0 Å². The summed E-state index contributed by atoms with van der Waals surface area (Å²) in [7, 11) is 0. The summed E-state index contributed by atoms with van der Waals surface area (Å²) in [6.45, 7) is 6.35. The van der Waals surface area contributed by atoms with E-state index in [2.05, 4.69) is 17.1 Å². The van der Waals surface area contributed by atoms with Crippen LogP contribution in [0.1, 0.15) is 38.2 Å². The lowest BCUT2D eigenvalue weighted by Crippen LogP contribution is -2.38. The molecule has 1 fully saturated rings. The lowest BCUT2D eigenvalue weighted by Gasteiger charge is -2.33. The number of hydrogen-bond acceptors (Lipinski definition) is 2. The molecule has 0 bridgehead atoms. The highest BCUT2D eigenvalue weighted by atomic mass is 35.5. The second-order valence-electron chi connectivity index (χ2n) is 5.73. The Morgan fingerprint density at radius 1 is 1.19 bits per heavy atom. The van der Waals surface area contributed by atoms with Crippen LogP contribution >= 0.6 is 34.8 Å². The van der Waals surface area contributed by atoms with Crippen LogP contribution in [0.25, 0.3) is 0 Å². The van der Waals surface area contributed by atoms with E-state index < -0.39 is 0 Å². The monoisotopic (exact) mass is 348 g/mol. The van der Waals surface area contributed by atoms with Crippen molar-refractivity contribution in [3.8, 4) is 0 Å². The van der Waals surface area contributed by atoms with Gasteiger partial charge >= 0.3 is 0 Å². The van der Waals surface area contributed by atoms with E-state index in [9.17, 15) is 0 Å². The van der Waals surface area contributed by atoms with Crippen molar-refractivity contribution < 1.29 is 0 Å². The van der Waals surface area contributed by atoms with Gasteiger partial charge in [0.05, 0.1) is 10.0 Å². The number of rotatable bonds is 6. The summed E-state index contributed by atoms with van der Waals surface area (Å²) in [6.07, 6.45) is 5.19. The van der Waals surface area contributed by atoms with Crippen molar-refractivity contribution in [1.29, 1.82) is 0 Å². The van der Waals surface area contributed by atoms with E-state index in [1.54, 1.807) is 12.1 Å². The van der Waals surface area contributed by atoms with Gasteiger partial charge in [0.2, 0.25) is 0 Å². The first-order chi connectivity index (χ1) is 10.1. The van der Waals surface area contributed by atoms with Crippen LogP contribution in [0.4, 0.5) is 0 Å². The highest BCUT2D eigenvalue weighted by Gasteiger charge is 2.17. The van der Waals surface area contributed by atoms with Crippen molar-refractivity contribution in [2.45, 2.75) is 45.2 Å². The fraction of sp³-hybridized carbons (Fsp3) is 0.625. The van der Waals surface area contributed by atoms with Gasteiger partial charge in [-0.25, -0.2) is 0 Å². The molecule has 1 aromatic rings. The molecule has 1 aliphatic rings. The van der Waals surface area contributed by atoms with Gasteiger partial charge in [-0.2, -0.15) is 0 Å². The highest BCUT2D eigenvalue weighted by molar-refractivity contribution is 6.44. The maximum atomic E-state index is 6.19. The molecule has 21 heavy (non-hydrogen) atoms. The third kappa shape index (κ3) is 5.01. The number of likely N-dealkylation sites (tertiary alicyclic amines) is 1. The van der Waals surface area contributed by atoms with E-state index in [4.69, 9.17) is 34.8 Å². The van der Waals surface area contributed by atoms with Crippen molar-refractivity contribution in [3.63, 3.8) is 0 Å². The number of piperidine rings is 1. The molecule has 0 radical (unpaired) electrons. The largest absolute Gasteiger partial charge is 0.313 e. The molecule has 0 aromatic heterocycles. The quantitative estimate of drug-likeness (QED) is 0.574. The zero-order chi connectivity index (χ0) is 15.2. The Morgan fingerprint density at radius 3 is 2.71 bits per heavy atom. The molecule has 2 rings (SSSR count). The Kier molecular flexibility index (Phi) is 7.11. The van der Waals surface area contributed by atoms with E-state index in [0.717, 1.165) is 31.1 Å². The molecule has 2 nitrogen and oxygen atoms in total. The standard InChI is InChI=1S/C16H23Cl3N2/c1-12-5-2-3-9-21(12)10-4-8-20-11-13-14(17)6-7-15(18)16(13)19/h6-7,12,20H,2-5,8-11H2,1H3. The van der Waals surface area contributed by atoms with Crippen molar-refractivity contribution in [2.24, 2.45) is 0 Å². The fourth-order valence-corrected chi connectivity index (χ4v) is 3.52. The summed E-state index contributed by atoms with van der Waals surface area (Å²) in [6, 6.07) is 4.26. The molecule has 1 N–H and O–H groups in total. The molecule has 118 valence electrons. The number of nitrogens with one attached hydrogen (secondary N) is 1. The lowest BCUT2D eigenvalue weighted by atomic mass is 10.0. The number of benzene rings is 1. The first-order valence-electron chi connectivity index (χ1n) is 7.66. The van der Waals surface area contributed by atoms with Gasteiger partial charge < -0.3 is 10.2 Å². The Morgan fingerprint density at radius 2 is 1.95 bits per heavy atom. The first kappa shape index (κ1) is 17.4. The highest BCUT2D eigenvalue weighted by Crippen LogP contribution is 2.31. The lowest BCUT2D eigenvalue weighted by molar-refractivity contribution is 0.159. The normalized spacial score (nSPS) is 19.9. The summed E-state index contributed by atoms with van der Waals surface area (Å²) >= 11 is 18.4. The van der Waals surface area contributed by atoms with Crippen LogP contribution in [0.3, 0.4) is 0 Å². The number of hydrogen-bond donors (Lipinski definition) is 1. The van der Waals surface area contributed by atoms with E-state index in [1.165, 1.54) is 25.8 Å². The minimum absolute atomic E-state index is 0.556. The zero-order valence-electron chi connectivity index (χ0n) is 12.5. The predicted molar refractivity (Wildman–Crippen MR) is 92.7 cm³/mol. The van der Waals surface area contributed by atoms with Gasteiger partial charge in [0.25, 0.3) is 0 Å². The molecule has 1 aliphatic heterocycles. The predicted octanol–water partition coefficient (Wildman–Crippen LogP) is 5.00. The van der Waals surface area contributed by atoms with E-state index in [0.29, 0.717) is 21.6 Å². The third-order valence-electron chi connectivity index (χ3n) is 4.18. The molecule has 1 unspecified atom stereocenters. The van der Waals surface area contributed by atoms with Crippen molar-refractivity contribution >= 4 is 34.8 Å². The molecule has 0 spiro atoms. The summed E-state index contributed by atoms with van der Waals surface area (Å²) in [5.74, 6) is 0. The van der Waals surface area contributed by atoms with Gasteiger partial charge in [-0.05, 0) is 58.0 Å². The maximum Gasteiger partial charge on any atom is 0.0652 e. The van der Waals surface area contributed by atoms with Crippen molar-refractivity contribution in [2.75, 3.05) is 19.6 Å². The van der Waals surface area contributed by atoms with Gasteiger partial charge in [0.1, 0.15) is 0 Å². The summed E-state index contributed by atoms with van der Waals surface area (Å²) in [4.78, 5) is 2.59. The SMILES string of the molecule is CC1CCCCN1CCCNCc1c(Cl)ccc(Cl)c1Cl. The molecule has 0 saturated carbocycles. The minimum Gasteiger partial charge on any atom is -0.313 e. The molecular weight excluding hydrogens is 327 g/mol. The molecule has 1 aromatic carbocycles. The molecule has 1 atom stereocenters. The van der Waals surface area contributed by atoms with Gasteiger partial charge in [0, 0.05) is 23.2 Å². The van der Waals surface area contributed by atoms with Crippen LogP contribution in [0.15, 0.2) is 12.1 Å². The smallest absolute Gasteiger partial charge is 0.0652 e. The minimum atomic E-state index is 0.556. The molecule has 1 saturated heterocycles. The maximum absolute atomic E-state index is 6.19. The van der Waals surface area contributed by atoms with Crippen LogP contribution < -0.4 is 5.32 Å². The number of nitrogens with zero attached hydrogens (tertiary/aromatic N) is 1. The Balaban J connectivity index is 1.71. The van der Waals surface area contributed by atoms with Crippen LogP contribution in [0, 0.1) is 0 Å². The van der Waals surface area contributed by atoms with E-state index >= 15 is 0 Å². The van der Waals surface area contributed by atoms with Gasteiger partial charge in [-0.3, -0.25) is 0 Å². The Labute approximate surface area is 142 Å². The van der Waals surface area contributed by atoms with Crippen LogP contribution in [0.5, 0.6) is 0 Å². The first-order valence-corrected chi connectivity index (χ1v) is 8.80. The zero-order valence-corrected chi connectivity index (χ0v) is 14.7. The summed E-state index contributed by atoms with van der Waals surface area (Å²) in [5.41, 5.74) is 0.886. The molecule has 0 amide bonds. The Hall–Kier alpha value is 0.01000. The average molecular weight is 350 g/mol. The van der Waals surface area contributed by atoms with E-state index in [1.807, 2.05) is 0 Å². The topological polar surface area (TPSA) is 15.3 Å². The second-order valence-corrected chi connectivity index (χ2v) is 6.93. The Bertz CT molecular complexity index is 465. The van der Waals surface area contributed by atoms with E-state index in [-0.39, 0.29) is 0 Å². The fourth-order valence-electron chi connectivity index (χ4n) is 2.84. The molecule has 5 heteroatoms. The molecule has 0 aliphatic carbocycles. The summed E-state index contributed by atoms with van der Waals surface area (Å²) < 4.78 is 0. The van der Waals surface area contributed by atoms with Crippen molar-refractivity contribution in [1.82, 2.24) is 10.2 Å². The van der Waals surface area contributed by atoms with Gasteiger partial charge in [-0.15, -0.1) is 0 Å². The second kappa shape index (κ2) is 8.59.